The number of carbonyl (C=O) groups is 5. The van der Waals surface area contributed by atoms with E-state index < -0.39 is 60.2 Å². The minimum absolute atomic E-state index is 0.00986. The fraction of sp³-hybridized carbons (Fsp3) is 0.417. The lowest BCUT2D eigenvalue weighted by Crippen LogP contribution is -2.58. The maximum Gasteiger partial charge on any atom is 0.326 e. The number of nitrogens with one attached hydrogen (secondary N) is 4. The fourth-order valence-electron chi connectivity index (χ4n) is 3.39. The van der Waals surface area contributed by atoms with Crippen LogP contribution in [0.3, 0.4) is 0 Å². The number of rotatable bonds is 14. The lowest BCUT2D eigenvalue weighted by Gasteiger charge is -2.25. The van der Waals surface area contributed by atoms with Gasteiger partial charge >= 0.3 is 11.9 Å². The lowest BCUT2D eigenvalue weighted by molar-refractivity contribution is -0.143. The maximum absolute atomic E-state index is 13.1. The van der Waals surface area contributed by atoms with Crippen molar-refractivity contribution in [2.45, 2.75) is 57.3 Å². The molecule has 14 nitrogen and oxygen atoms in total. The number of imidazole rings is 1. The quantitative estimate of drug-likeness (QED) is 0.146. The number of amides is 3. The van der Waals surface area contributed by atoms with Gasteiger partial charge in [-0.25, -0.2) is 9.78 Å². The van der Waals surface area contributed by atoms with Crippen LogP contribution >= 0.6 is 0 Å². The first-order valence-corrected chi connectivity index (χ1v) is 11.7. The molecule has 0 saturated carbocycles. The van der Waals surface area contributed by atoms with Crippen LogP contribution in [0.4, 0.5) is 0 Å². The molecule has 0 aliphatic carbocycles. The van der Waals surface area contributed by atoms with E-state index in [-0.39, 0.29) is 24.5 Å². The number of phenolic OH excluding ortho intramolecular Hbond substituents is 1. The third-order valence-electron chi connectivity index (χ3n) is 5.64. The molecular weight excluding hydrogens is 500 g/mol. The van der Waals surface area contributed by atoms with E-state index in [0.29, 0.717) is 11.3 Å². The zero-order chi connectivity index (χ0) is 28.4. The van der Waals surface area contributed by atoms with Crippen molar-refractivity contribution < 1.29 is 39.3 Å². The number of phenols is 1. The first-order valence-electron chi connectivity index (χ1n) is 11.7. The number of aromatic hydroxyl groups is 1. The molecule has 3 amide bonds. The van der Waals surface area contributed by atoms with Crippen molar-refractivity contribution in [3.63, 3.8) is 0 Å². The molecule has 0 bridgehead atoms. The first kappa shape index (κ1) is 29.8. The van der Waals surface area contributed by atoms with Crippen LogP contribution in [-0.4, -0.2) is 79.1 Å². The Labute approximate surface area is 218 Å². The second-order valence-corrected chi connectivity index (χ2v) is 9.04. The SMILES string of the molecule is CC(C)C(N)C(=O)NC(CC(=O)O)C(=O)NC(Cc1cnc[nH]1)C(=O)NC(Cc1ccc(O)cc1)C(=O)O. The molecule has 0 saturated heterocycles. The predicted octanol–water partition coefficient (Wildman–Crippen LogP) is -1.10. The molecule has 0 aliphatic rings. The van der Waals surface area contributed by atoms with E-state index >= 15 is 0 Å². The van der Waals surface area contributed by atoms with Gasteiger partial charge in [0.05, 0.1) is 18.8 Å². The number of nitrogens with zero attached hydrogens (tertiary/aromatic N) is 1. The number of aromatic nitrogens is 2. The van der Waals surface area contributed by atoms with Gasteiger partial charge in [-0.1, -0.05) is 26.0 Å². The van der Waals surface area contributed by atoms with Crippen molar-refractivity contribution in [2.24, 2.45) is 11.7 Å². The minimum Gasteiger partial charge on any atom is -0.508 e. The van der Waals surface area contributed by atoms with Gasteiger partial charge in [-0.15, -0.1) is 0 Å². The van der Waals surface area contributed by atoms with Crippen LogP contribution in [0.2, 0.25) is 0 Å². The van der Waals surface area contributed by atoms with Gasteiger partial charge in [0.25, 0.3) is 0 Å². The van der Waals surface area contributed by atoms with Crippen molar-refractivity contribution >= 4 is 29.7 Å². The summed E-state index contributed by atoms with van der Waals surface area (Å²) in [5, 5.41) is 35.4. The van der Waals surface area contributed by atoms with Gasteiger partial charge < -0.3 is 42.0 Å². The molecule has 2 aromatic rings. The highest BCUT2D eigenvalue weighted by molar-refractivity contribution is 5.95. The van der Waals surface area contributed by atoms with Crippen LogP contribution in [-0.2, 0) is 36.8 Å². The summed E-state index contributed by atoms with van der Waals surface area (Å²) >= 11 is 0. The number of aromatic amines is 1. The van der Waals surface area contributed by atoms with Gasteiger partial charge in [-0.3, -0.25) is 19.2 Å². The Morgan fingerprint density at radius 3 is 2.00 bits per heavy atom. The van der Waals surface area contributed by atoms with Gasteiger partial charge in [-0.2, -0.15) is 0 Å². The molecule has 2 rings (SSSR count). The van der Waals surface area contributed by atoms with E-state index in [0.717, 1.165) is 0 Å². The molecule has 0 fully saturated rings. The zero-order valence-corrected chi connectivity index (χ0v) is 20.9. The highest BCUT2D eigenvalue weighted by Gasteiger charge is 2.32. The fourth-order valence-corrected chi connectivity index (χ4v) is 3.39. The Hall–Kier alpha value is -4.46. The van der Waals surface area contributed by atoms with Crippen LogP contribution in [0, 0.1) is 5.92 Å². The number of carboxylic acid groups (broad SMARTS) is 2. The van der Waals surface area contributed by atoms with Crippen LogP contribution in [0.5, 0.6) is 5.75 Å². The van der Waals surface area contributed by atoms with Crippen molar-refractivity contribution in [2.75, 3.05) is 0 Å². The van der Waals surface area contributed by atoms with Gasteiger partial charge in [0, 0.05) is 24.7 Å². The minimum atomic E-state index is -1.55. The second-order valence-electron chi connectivity index (χ2n) is 9.04. The molecule has 0 spiro atoms. The molecule has 4 atom stereocenters. The molecule has 0 aliphatic heterocycles. The maximum atomic E-state index is 13.1. The third kappa shape index (κ3) is 9.20. The normalized spacial score (nSPS) is 14.1. The van der Waals surface area contributed by atoms with Gasteiger partial charge in [0.2, 0.25) is 17.7 Å². The Bertz CT molecular complexity index is 1120. The van der Waals surface area contributed by atoms with E-state index in [1.807, 2.05) is 0 Å². The Kier molecular flexibility index (Phi) is 10.8. The Morgan fingerprint density at radius 1 is 0.895 bits per heavy atom. The first-order chi connectivity index (χ1) is 17.9. The molecule has 1 aromatic carbocycles. The second kappa shape index (κ2) is 13.7. The molecular formula is C24H32N6O8. The largest absolute Gasteiger partial charge is 0.508 e. The van der Waals surface area contributed by atoms with Gasteiger partial charge in [0.15, 0.2) is 0 Å². The number of H-pyrrole nitrogens is 1. The number of hydrogen-bond donors (Lipinski definition) is 8. The number of nitrogens with two attached hydrogens (primary N) is 1. The van der Waals surface area contributed by atoms with E-state index in [4.69, 9.17) is 5.73 Å². The Morgan fingerprint density at radius 2 is 1.47 bits per heavy atom. The summed E-state index contributed by atoms with van der Waals surface area (Å²) < 4.78 is 0. The van der Waals surface area contributed by atoms with Crippen molar-refractivity contribution in [3.8, 4) is 5.75 Å². The number of carbonyl (C=O) groups excluding carboxylic acids is 3. The van der Waals surface area contributed by atoms with E-state index in [2.05, 4.69) is 25.9 Å². The van der Waals surface area contributed by atoms with Crippen LogP contribution in [0.15, 0.2) is 36.8 Å². The van der Waals surface area contributed by atoms with E-state index in [9.17, 15) is 39.3 Å². The summed E-state index contributed by atoms with van der Waals surface area (Å²) in [6.07, 6.45) is 1.71. The molecule has 38 heavy (non-hydrogen) atoms. The number of aliphatic carboxylic acids is 2. The lowest BCUT2D eigenvalue weighted by atomic mass is 10.0. The van der Waals surface area contributed by atoms with Crippen LogP contribution in [0.1, 0.15) is 31.5 Å². The molecule has 1 aromatic heterocycles. The standard InChI is InChI=1S/C24H32N6O8/c1-12(2)20(25)23(36)29-17(9-19(32)33)22(35)28-16(8-14-10-26-11-27-14)21(34)30-18(24(37)38)7-13-3-5-15(31)6-4-13/h3-6,10-12,16-18,20,31H,7-9,25H2,1-2H3,(H,26,27)(H,28,35)(H,29,36)(H,30,34)(H,32,33)(H,37,38). The highest BCUT2D eigenvalue weighted by Crippen LogP contribution is 2.12. The van der Waals surface area contributed by atoms with Crippen LogP contribution < -0.4 is 21.7 Å². The highest BCUT2D eigenvalue weighted by atomic mass is 16.4. The summed E-state index contributed by atoms with van der Waals surface area (Å²) in [5.41, 5.74) is 6.75. The molecule has 1 heterocycles. The van der Waals surface area contributed by atoms with Crippen molar-refractivity contribution in [3.05, 3.63) is 48.0 Å². The number of benzene rings is 1. The van der Waals surface area contributed by atoms with Gasteiger partial charge in [0.1, 0.15) is 23.9 Å². The monoisotopic (exact) mass is 532 g/mol. The molecule has 0 radical (unpaired) electrons. The Balaban J connectivity index is 2.23. The number of carboxylic acids is 2. The van der Waals surface area contributed by atoms with Crippen LogP contribution in [0.25, 0.3) is 0 Å². The topological polar surface area (TPSA) is 237 Å². The summed E-state index contributed by atoms with van der Waals surface area (Å²) in [6.45, 7) is 3.36. The van der Waals surface area contributed by atoms with Crippen molar-refractivity contribution in [1.82, 2.24) is 25.9 Å². The average Bonchev–Trinajstić information content (AvgIpc) is 3.36. The van der Waals surface area contributed by atoms with E-state index in [1.54, 1.807) is 13.8 Å². The smallest absolute Gasteiger partial charge is 0.326 e. The summed E-state index contributed by atoms with van der Waals surface area (Å²) in [7, 11) is 0. The summed E-state index contributed by atoms with van der Waals surface area (Å²) in [5.74, 6) is -5.58. The molecule has 4 unspecified atom stereocenters. The molecule has 14 heteroatoms. The zero-order valence-electron chi connectivity index (χ0n) is 20.9. The van der Waals surface area contributed by atoms with Gasteiger partial charge in [-0.05, 0) is 23.6 Å². The molecule has 9 N–H and O–H groups in total. The molecule has 206 valence electrons. The third-order valence-corrected chi connectivity index (χ3v) is 5.64. The number of hydrogen-bond acceptors (Lipinski definition) is 8. The van der Waals surface area contributed by atoms with Crippen molar-refractivity contribution in [1.29, 1.82) is 0 Å². The average molecular weight is 533 g/mol. The summed E-state index contributed by atoms with van der Waals surface area (Å²) in [4.78, 5) is 68.4. The van der Waals surface area contributed by atoms with E-state index in [1.165, 1.54) is 36.8 Å². The predicted molar refractivity (Wildman–Crippen MR) is 133 cm³/mol. The summed E-state index contributed by atoms with van der Waals surface area (Å²) in [6, 6.07) is 0.473.